The van der Waals surface area contributed by atoms with Gasteiger partial charge in [0.2, 0.25) is 0 Å². The largest absolute Gasteiger partial charge is 0.489 e. The molecule has 2 aromatic rings. The molecule has 1 aliphatic carbocycles. The van der Waals surface area contributed by atoms with Crippen molar-refractivity contribution in [3.05, 3.63) is 65.7 Å². The van der Waals surface area contributed by atoms with E-state index in [4.69, 9.17) is 4.74 Å². The second kappa shape index (κ2) is 10.4. The topological polar surface area (TPSA) is 12.5 Å². The molecule has 1 aliphatic heterocycles. The highest BCUT2D eigenvalue weighted by atomic mass is 19.1. The number of piperidine rings is 1. The molecule has 0 bridgehead atoms. The normalized spacial score (nSPS) is 20.2. The highest BCUT2D eigenvalue weighted by Crippen LogP contribution is 2.38. The predicted octanol–water partition coefficient (Wildman–Crippen LogP) is 6.89. The van der Waals surface area contributed by atoms with Crippen LogP contribution in [-0.2, 0) is 12.3 Å². The molecule has 0 spiro atoms. The van der Waals surface area contributed by atoms with E-state index in [0.717, 1.165) is 42.4 Å². The smallest absolute Gasteiger partial charge is 0.138 e. The first kappa shape index (κ1) is 21.4. The van der Waals surface area contributed by atoms with E-state index in [9.17, 15) is 0 Å². The lowest BCUT2D eigenvalue weighted by Crippen LogP contribution is -2.40. The first-order valence-corrected chi connectivity index (χ1v) is 11.9. The standard InChI is InChI=1S/C27H36FNO/c28-27(16-19-29(20-17-27)18-8-13-23-9-3-1-4-10-23)25-14-7-15-26(21-25)30-22-24-11-5-2-6-12-24/h2,5-7,11-12,14-15,21,23H,1,3-4,8-10,13,16-20,22H2. The summed E-state index contributed by atoms with van der Waals surface area (Å²) in [5.41, 5.74) is 0.667. The van der Waals surface area contributed by atoms with Crippen LogP contribution in [0.3, 0.4) is 0 Å². The summed E-state index contributed by atoms with van der Waals surface area (Å²) >= 11 is 0. The van der Waals surface area contributed by atoms with Gasteiger partial charge in [-0.15, -0.1) is 0 Å². The molecular weight excluding hydrogens is 373 g/mol. The second-order valence-corrected chi connectivity index (χ2v) is 9.26. The minimum Gasteiger partial charge on any atom is -0.489 e. The molecule has 0 atom stereocenters. The summed E-state index contributed by atoms with van der Waals surface area (Å²) in [4.78, 5) is 2.47. The van der Waals surface area contributed by atoms with E-state index >= 15 is 4.39 Å². The van der Waals surface area contributed by atoms with Gasteiger partial charge in [-0.2, -0.15) is 0 Å². The van der Waals surface area contributed by atoms with Gasteiger partial charge in [-0.05, 0) is 61.4 Å². The van der Waals surface area contributed by atoms with Gasteiger partial charge in [-0.1, -0.05) is 74.6 Å². The minimum absolute atomic E-state index is 0.512. The number of rotatable bonds is 8. The Morgan fingerprint density at radius 2 is 1.70 bits per heavy atom. The zero-order valence-corrected chi connectivity index (χ0v) is 18.2. The Balaban J connectivity index is 1.25. The van der Waals surface area contributed by atoms with Crippen LogP contribution in [0.2, 0.25) is 0 Å². The summed E-state index contributed by atoms with van der Waals surface area (Å²) in [6, 6.07) is 17.8. The van der Waals surface area contributed by atoms with Crippen LogP contribution in [-0.4, -0.2) is 24.5 Å². The Hall–Kier alpha value is -1.87. The SMILES string of the molecule is FC1(c2cccc(OCc3ccccc3)c2)CCN(CCCC2CCCCC2)CC1. The lowest BCUT2D eigenvalue weighted by atomic mass is 9.85. The number of alkyl halides is 1. The molecule has 2 aromatic carbocycles. The van der Waals surface area contributed by atoms with Crippen LogP contribution < -0.4 is 4.74 Å². The monoisotopic (exact) mass is 409 g/mol. The molecule has 1 saturated heterocycles. The molecule has 162 valence electrons. The molecule has 0 radical (unpaired) electrons. The minimum atomic E-state index is -1.23. The Bertz CT molecular complexity index is 763. The zero-order valence-electron chi connectivity index (χ0n) is 18.2. The number of hydrogen-bond acceptors (Lipinski definition) is 2. The van der Waals surface area contributed by atoms with Gasteiger partial charge < -0.3 is 9.64 Å². The van der Waals surface area contributed by atoms with Crippen molar-refractivity contribution in [3.63, 3.8) is 0 Å². The molecule has 0 amide bonds. The van der Waals surface area contributed by atoms with Crippen LogP contribution >= 0.6 is 0 Å². The van der Waals surface area contributed by atoms with Gasteiger partial charge in [0.05, 0.1) is 0 Å². The third-order valence-electron chi connectivity index (χ3n) is 7.06. The van der Waals surface area contributed by atoms with Crippen molar-refractivity contribution in [2.24, 2.45) is 5.92 Å². The van der Waals surface area contributed by atoms with Gasteiger partial charge in [-0.25, -0.2) is 4.39 Å². The third-order valence-corrected chi connectivity index (χ3v) is 7.06. The van der Waals surface area contributed by atoms with Crippen molar-refractivity contribution >= 4 is 0 Å². The van der Waals surface area contributed by atoms with Gasteiger partial charge in [0.15, 0.2) is 0 Å². The first-order chi connectivity index (χ1) is 14.7. The predicted molar refractivity (Wildman–Crippen MR) is 121 cm³/mol. The molecule has 3 heteroatoms. The Morgan fingerprint density at radius 1 is 0.933 bits per heavy atom. The van der Waals surface area contributed by atoms with E-state index in [0.29, 0.717) is 19.4 Å². The van der Waals surface area contributed by atoms with E-state index in [1.54, 1.807) is 0 Å². The summed E-state index contributed by atoms with van der Waals surface area (Å²) in [5, 5.41) is 0. The van der Waals surface area contributed by atoms with E-state index < -0.39 is 5.67 Å². The fourth-order valence-corrected chi connectivity index (χ4v) is 5.10. The van der Waals surface area contributed by atoms with E-state index in [1.165, 1.54) is 44.9 Å². The fraction of sp³-hybridized carbons (Fsp3) is 0.556. The summed E-state index contributed by atoms with van der Waals surface area (Å²) in [5.74, 6) is 1.70. The molecule has 0 N–H and O–H groups in total. The van der Waals surface area contributed by atoms with Crippen molar-refractivity contribution in [1.82, 2.24) is 4.90 Å². The molecule has 2 aliphatic rings. The van der Waals surface area contributed by atoms with Gasteiger partial charge in [-0.3, -0.25) is 0 Å². The fourth-order valence-electron chi connectivity index (χ4n) is 5.10. The van der Waals surface area contributed by atoms with Gasteiger partial charge >= 0.3 is 0 Å². The van der Waals surface area contributed by atoms with Crippen molar-refractivity contribution in [1.29, 1.82) is 0 Å². The van der Waals surface area contributed by atoms with Crippen molar-refractivity contribution in [2.75, 3.05) is 19.6 Å². The van der Waals surface area contributed by atoms with Gasteiger partial charge in [0, 0.05) is 13.1 Å². The van der Waals surface area contributed by atoms with Crippen LogP contribution in [0, 0.1) is 5.92 Å². The molecular formula is C27H36FNO. The molecule has 0 unspecified atom stereocenters. The lowest BCUT2D eigenvalue weighted by Gasteiger charge is -2.37. The number of benzene rings is 2. The third kappa shape index (κ3) is 5.85. The molecule has 1 heterocycles. The molecule has 30 heavy (non-hydrogen) atoms. The number of halogens is 1. The quantitative estimate of drug-likeness (QED) is 0.471. The number of ether oxygens (including phenoxy) is 1. The molecule has 2 fully saturated rings. The van der Waals surface area contributed by atoms with E-state index in [-0.39, 0.29) is 0 Å². The summed E-state index contributed by atoms with van der Waals surface area (Å²) in [6.07, 6.45) is 10.9. The Labute approximate surface area is 181 Å². The second-order valence-electron chi connectivity index (χ2n) is 9.26. The van der Waals surface area contributed by atoms with Crippen LogP contribution in [0.25, 0.3) is 0 Å². The summed E-state index contributed by atoms with van der Waals surface area (Å²) in [7, 11) is 0. The highest BCUT2D eigenvalue weighted by molar-refractivity contribution is 5.33. The maximum absolute atomic E-state index is 15.8. The summed E-state index contributed by atoms with van der Waals surface area (Å²) in [6.45, 7) is 3.36. The molecule has 1 saturated carbocycles. The Morgan fingerprint density at radius 3 is 2.47 bits per heavy atom. The van der Waals surface area contributed by atoms with Crippen LogP contribution in [0.1, 0.15) is 68.9 Å². The van der Waals surface area contributed by atoms with Crippen molar-refractivity contribution in [3.8, 4) is 5.75 Å². The van der Waals surface area contributed by atoms with E-state index in [1.807, 2.05) is 54.6 Å². The zero-order chi connectivity index (χ0) is 20.7. The van der Waals surface area contributed by atoms with Crippen molar-refractivity contribution < 1.29 is 9.13 Å². The van der Waals surface area contributed by atoms with Crippen LogP contribution in [0.5, 0.6) is 5.75 Å². The number of hydrogen-bond donors (Lipinski definition) is 0. The molecule has 4 rings (SSSR count). The average Bonchev–Trinajstić information content (AvgIpc) is 2.81. The number of nitrogens with zero attached hydrogens (tertiary/aromatic N) is 1. The summed E-state index contributed by atoms with van der Waals surface area (Å²) < 4.78 is 21.7. The average molecular weight is 410 g/mol. The van der Waals surface area contributed by atoms with Gasteiger partial charge in [0.25, 0.3) is 0 Å². The van der Waals surface area contributed by atoms with E-state index in [2.05, 4.69) is 4.90 Å². The molecule has 0 aromatic heterocycles. The first-order valence-electron chi connectivity index (χ1n) is 11.9. The van der Waals surface area contributed by atoms with Crippen LogP contribution in [0.4, 0.5) is 4.39 Å². The maximum Gasteiger partial charge on any atom is 0.138 e. The highest BCUT2D eigenvalue weighted by Gasteiger charge is 2.36. The maximum atomic E-state index is 15.8. The number of likely N-dealkylation sites (tertiary alicyclic amines) is 1. The van der Waals surface area contributed by atoms with Crippen molar-refractivity contribution in [2.45, 2.75) is 70.1 Å². The van der Waals surface area contributed by atoms with Crippen LogP contribution in [0.15, 0.2) is 54.6 Å². The molecule has 2 nitrogen and oxygen atoms in total. The Kier molecular flexibility index (Phi) is 7.43. The lowest BCUT2D eigenvalue weighted by molar-refractivity contribution is 0.0543. The van der Waals surface area contributed by atoms with Gasteiger partial charge in [0.1, 0.15) is 18.0 Å².